The minimum atomic E-state index is -0.336. The zero-order valence-electron chi connectivity index (χ0n) is 11.3. The number of carbonyl (C=O) groups excluding carboxylic acids is 1. The molecule has 3 aromatic rings. The average Bonchev–Trinajstić information content (AvgIpc) is 2.50. The highest BCUT2D eigenvalue weighted by Crippen LogP contribution is 2.27. The van der Waals surface area contributed by atoms with E-state index in [-0.39, 0.29) is 11.1 Å². The molecular weight excluding hydrogens is 284 g/mol. The van der Waals surface area contributed by atoms with Crippen LogP contribution in [-0.4, -0.2) is 15.7 Å². The van der Waals surface area contributed by atoms with Crippen LogP contribution in [0.3, 0.4) is 0 Å². The molecule has 0 aliphatic heterocycles. The summed E-state index contributed by atoms with van der Waals surface area (Å²) in [7, 11) is 0. The predicted molar refractivity (Wildman–Crippen MR) is 82.2 cm³/mol. The molecule has 4 nitrogen and oxygen atoms in total. The molecule has 0 bridgehead atoms. The first kappa shape index (κ1) is 13.6. The first-order chi connectivity index (χ1) is 10.2. The average molecular weight is 296 g/mol. The zero-order valence-corrected chi connectivity index (χ0v) is 12.1. The van der Waals surface area contributed by atoms with Crippen LogP contribution in [0, 0.1) is 6.92 Å². The van der Waals surface area contributed by atoms with Crippen LogP contribution in [0.1, 0.15) is 15.9 Å². The van der Waals surface area contributed by atoms with Crippen LogP contribution >= 0.6 is 11.8 Å². The van der Waals surface area contributed by atoms with Crippen LogP contribution in [0.25, 0.3) is 5.65 Å². The third kappa shape index (κ3) is 2.48. The lowest BCUT2D eigenvalue weighted by molar-refractivity contribution is 0.111. The van der Waals surface area contributed by atoms with Gasteiger partial charge in [-0.3, -0.25) is 14.0 Å². The van der Waals surface area contributed by atoms with Crippen LogP contribution in [-0.2, 0) is 0 Å². The minimum absolute atomic E-state index is 0.0898. The smallest absolute Gasteiger partial charge is 0.269 e. The van der Waals surface area contributed by atoms with E-state index in [9.17, 15) is 9.59 Å². The summed E-state index contributed by atoms with van der Waals surface area (Å²) in [6, 6.07) is 13.2. The van der Waals surface area contributed by atoms with Gasteiger partial charge in [-0.25, -0.2) is 4.98 Å². The van der Waals surface area contributed by atoms with Crippen LogP contribution in [0.5, 0.6) is 0 Å². The van der Waals surface area contributed by atoms with Crippen molar-refractivity contribution in [3.63, 3.8) is 0 Å². The Bertz CT molecular complexity index is 873. The maximum atomic E-state index is 12.4. The standard InChI is InChI=1S/C16H12N2O2S/c1-11-6-5-9-18-14(11)17-15(13(10-19)16(18)20)21-12-7-3-2-4-8-12/h2-10H,1H3. The first-order valence-corrected chi connectivity index (χ1v) is 7.22. The maximum absolute atomic E-state index is 12.4. The van der Waals surface area contributed by atoms with Gasteiger partial charge in [0.1, 0.15) is 16.2 Å². The van der Waals surface area contributed by atoms with Crippen molar-refractivity contribution in [1.82, 2.24) is 9.38 Å². The van der Waals surface area contributed by atoms with E-state index < -0.39 is 0 Å². The Labute approximate surface area is 125 Å². The van der Waals surface area contributed by atoms with Gasteiger partial charge >= 0.3 is 0 Å². The molecule has 0 unspecified atom stereocenters. The van der Waals surface area contributed by atoms with Crippen LogP contribution in [0.2, 0.25) is 0 Å². The van der Waals surface area contributed by atoms with E-state index in [1.807, 2.05) is 43.3 Å². The molecule has 3 rings (SSSR count). The Morgan fingerprint density at radius 1 is 1.14 bits per heavy atom. The van der Waals surface area contributed by atoms with Crippen molar-refractivity contribution in [2.24, 2.45) is 0 Å². The Kier molecular flexibility index (Phi) is 3.58. The molecule has 0 saturated heterocycles. The summed E-state index contributed by atoms with van der Waals surface area (Å²) in [6.07, 6.45) is 2.21. The third-order valence-corrected chi connectivity index (χ3v) is 4.14. The van der Waals surface area contributed by atoms with E-state index in [1.54, 1.807) is 12.3 Å². The Balaban J connectivity index is 2.24. The second-order valence-corrected chi connectivity index (χ2v) is 5.62. The van der Waals surface area contributed by atoms with Gasteiger partial charge in [0.15, 0.2) is 6.29 Å². The molecule has 2 heterocycles. The number of benzene rings is 1. The highest BCUT2D eigenvalue weighted by Gasteiger charge is 2.14. The maximum Gasteiger partial charge on any atom is 0.269 e. The van der Waals surface area contributed by atoms with Gasteiger partial charge in [0.25, 0.3) is 5.56 Å². The number of aromatic nitrogens is 2. The monoisotopic (exact) mass is 296 g/mol. The fraction of sp³-hybridized carbons (Fsp3) is 0.0625. The van der Waals surface area contributed by atoms with Gasteiger partial charge in [-0.1, -0.05) is 36.0 Å². The van der Waals surface area contributed by atoms with Crippen LogP contribution in [0.4, 0.5) is 0 Å². The topological polar surface area (TPSA) is 51.4 Å². The molecule has 21 heavy (non-hydrogen) atoms. The summed E-state index contributed by atoms with van der Waals surface area (Å²) in [5, 5.41) is 0.440. The molecule has 1 aromatic carbocycles. The molecular formula is C16H12N2O2S. The summed E-state index contributed by atoms with van der Waals surface area (Å²) < 4.78 is 1.41. The number of hydrogen-bond acceptors (Lipinski definition) is 4. The number of nitrogens with zero attached hydrogens (tertiary/aromatic N) is 2. The molecule has 104 valence electrons. The largest absolute Gasteiger partial charge is 0.298 e. The lowest BCUT2D eigenvalue weighted by Crippen LogP contribution is -2.21. The van der Waals surface area contributed by atoms with Gasteiger partial charge in [-0.2, -0.15) is 0 Å². The fourth-order valence-corrected chi connectivity index (χ4v) is 2.96. The lowest BCUT2D eigenvalue weighted by atomic mass is 10.3. The number of fused-ring (bicyclic) bond motifs is 1. The van der Waals surface area contributed by atoms with Crippen molar-refractivity contribution < 1.29 is 4.79 Å². The van der Waals surface area contributed by atoms with Gasteiger partial charge in [-0.05, 0) is 30.7 Å². The molecule has 0 N–H and O–H groups in total. The molecule has 0 atom stereocenters. The van der Waals surface area contributed by atoms with E-state index in [0.29, 0.717) is 17.0 Å². The predicted octanol–water partition coefficient (Wildman–Crippen LogP) is 2.97. The molecule has 0 fully saturated rings. The van der Waals surface area contributed by atoms with E-state index in [4.69, 9.17) is 0 Å². The van der Waals surface area contributed by atoms with Crippen LogP contribution < -0.4 is 5.56 Å². The Hall–Kier alpha value is -2.40. The summed E-state index contributed by atoms with van der Waals surface area (Å²) >= 11 is 1.32. The molecule has 0 aliphatic rings. The molecule has 0 saturated carbocycles. The first-order valence-electron chi connectivity index (χ1n) is 6.41. The number of hydrogen-bond donors (Lipinski definition) is 0. The number of rotatable bonds is 3. The van der Waals surface area contributed by atoms with E-state index in [1.165, 1.54) is 16.2 Å². The van der Waals surface area contributed by atoms with Gasteiger partial charge in [0, 0.05) is 11.1 Å². The summed E-state index contributed by atoms with van der Waals surface area (Å²) in [5.74, 6) is 0. The Morgan fingerprint density at radius 3 is 2.62 bits per heavy atom. The Morgan fingerprint density at radius 2 is 1.90 bits per heavy atom. The zero-order chi connectivity index (χ0) is 14.8. The van der Waals surface area contributed by atoms with E-state index in [0.717, 1.165) is 10.5 Å². The molecule has 5 heteroatoms. The highest BCUT2D eigenvalue weighted by molar-refractivity contribution is 7.99. The van der Waals surface area contributed by atoms with Gasteiger partial charge in [-0.15, -0.1) is 0 Å². The van der Waals surface area contributed by atoms with Crippen molar-refractivity contribution in [1.29, 1.82) is 0 Å². The van der Waals surface area contributed by atoms with Crippen molar-refractivity contribution in [2.75, 3.05) is 0 Å². The van der Waals surface area contributed by atoms with Crippen molar-refractivity contribution in [3.8, 4) is 0 Å². The SMILES string of the molecule is Cc1cccn2c(=O)c(C=O)c(Sc3ccccc3)nc12. The number of pyridine rings is 1. The number of carbonyl (C=O) groups is 1. The molecule has 0 spiro atoms. The lowest BCUT2D eigenvalue weighted by Gasteiger charge is -2.08. The van der Waals surface area contributed by atoms with E-state index >= 15 is 0 Å². The van der Waals surface area contributed by atoms with Crippen LogP contribution in [0.15, 0.2) is 63.4 Å². The highest BCUT2D eigenvalue weighted by atomic mass is 32.2. The molecule has 2 aromatic heterocycles. The van der Waals surface area contributed by atoms with Gasteiger partial charge in [0.05, 0.1) is 0 Å². The number of aldehydes is 1. The molecule has 0 aliphatic carbocycles. The number of aryl methyl sites for hydroxylation is 1. The van der Waals surface area contributed by atoms with Crippen molar-refractivity contribution in [2.45, 2.75) is 16.8 Å². The minimum Gasteiger partial charge on any atom is -0.298 e. The van der Waals surface area contributed by atoms with Gasteiger partial charge < -0.3 is 0 Å². The molecule has 0 amide bonds. The second-order valence-electron chi connectivity index (χ2n) is 4.55. The third-order valence-electron chi connectivity index (χ3n) is 3.12. The van der Waals surface area contributed by atoms with E-state index in [2.05, 4.69) is 4.98 Å². The summed E-state index contributed by atoms with van der Waals surface area (Å²) in [4.78, 5) is 29.1. The van der Waals surface area contributed by atoms with Gasteiger partial charge in [0.2, 0.25) is 0 Å². The normalized spacial score (nSPS) is 10.7. The summed E-state index contributed by atoms with van der Waals surface area (Å²) in [6.45, 7) is 1.89. The van der Waals surface area contributed by atoms with Crippen molar-refractivity contribution in [3.05, 3.63) is 70.1 Å². The van der Waals surface area contributed by atoms with Crippen molar-refractivity contribution >= 4 is 23.7 Å². The second kappa shape index (κ2) is 5.54. The summed E-state index contributed by atoms with van der Waals surface area (Å²) in [5.41, 5.74) is 1.22. The molecule has 0 radical (unpaired) electrons. The fourth-order valence-electron chi connectivity index (χ4n) is 2.07. The quantitative estimate of drug-likeness (QED) is 0.551.